The molecule has 0 spiro atoms. The van der Waals surface area contributed by atoms with E-state index in [0.717, 1.165) is 5.56 Å². The van der Waals surface area contributed by atoms with Crippen molar-refractivity contribution in [1.82, 2.24) is 15.1 Å². The number of carbonyl (C=O) groups excluding carboxylic acids is 2. The number of nitrogens with one attached hydrogen (secondary N) is 1. The van der Waals surface area contributed by atoms with Gasteiger partial charge in [0, 0.05) is 38.3 Å². The van der Waals surface area contributed by atoms with Gasteiger partial charge in [-0.2, -0.15) is 8.78 Å². The summed E-state index contributed by atoms with van der Waals surface area (Å²) in [5, 5.41) is 2.83. The molecule has 1 fully saturated rings. The Labute approximate surface area is 187 Å². The maximum Gasteiger partial charge on any atom is 0.387 e. The second-order valence-electron chi connectivity index (χ2n) is 8.14. The normalized spacial score (nSPS) is 14.6. The first-order chi connectivity index (χ1) is 15.3. The maximum atomic E-state index is 12.7. The number of hydrogen-bond donors (Lipinski definition) is 1. The molecule has 172 valence electrons. The fourth-order valence-corrected chi connectivity index (χ4v) is 3.55. The molecule has 0 aromatic heterocycles. The van der Waals surface area contributed by atoms with E-state index in [1.165, 1.54) is 17.7 Å². The Bertz CT molecular complexity index is 894. The topological polar surface area (TPSA) is 61.9 Å². The fraction of sp³-hybridized carbons (Fsp3) is 0.417. The zero-order chi connectivity index (χ0) is 23.1. The molecule has 2 amide bonds. The summed E-state index contributed by atoms with van der Waals surface area (Å²) in [7, 11) is 0. The van der Waals surface area contributed by atoms with E-state index < -0.39 is 6.61 Å². The second kappa shape index (κ2) is 11.0. The Morgan fingerprint density at radius 3 is 2.16 bits per heavy atom. The van der Waals surface area contributed by atoms with Gasteiger partial charge in [0.15, 0.2) is 0 Å². The van der Waals surface area contributed by atoms with Crippen molar-refractivity contribution < 1.29 is 23.1 Å². The van der Waals surface area contributed by atoms with Crippen molar-refractivity contribution in [2.75, 3.05) is 32.7 Å². The molecule has 0 aliphatic carbocycles. The molecule has 2 aromatic rings. The van der Waals surface area contributed by atoms with Crippen LogP contribution in [0.15, 0.2) is 48.5 Å². The number of alkyl halides is 2. The molecule has 2 aromatic carbocycles. The van der Waals surface area contributed by atoms with Crippen LogP contribution in [0.5, 0.6) is 5.75 Å². The standard InChI is InChI=1S/C24H29F2N3O3/c1-17(2)19-5-7-20(8-6-19)23(31)29-13-11-28(12-14-29)16-22(30)27-15-18-3-9-21(10-4-18)32-24(25)26/h3-10,17,24H,11-16H2,1-2H3,(H,27,30). The minimum absolute atomic E-state index is 0.0173. The molecule has 1 saturated heterocycles. The number of halogens is 2. The van der Waals surface area contributed by atoms with Gasteiger partial charge in [0.2, 0.25) is 5.91 Å². The van der Waals surface area contributed by atoms with Crippen molar-refractivity contribution in [3.05, 3.63) is 65.2 Å². The Morgan fingerprint density at radius 1 is 0.969 bits per heavy atom. The first-order valence-corrected chi connectivity index (χ1v) is 10.7. The van der Waals surface area contributed by atoms with Gasteiger partial charge in [-0.1, -0.05) is 38.1 Å². The van der Waals surface area contributed by atoms with E-state index in [-0.39, 0.29) is 24.1 Å². The van der Waals surface area contributed by atoms with Gasteiger partial charge < -0.3 is 15.0 Å². The first-order valence-electron chi connectivity index (χ1n) is 10.7. The molecule has 3 rings (SSSR count). The van der Waals surface area contributed by atoms with Crippen LogP contribution in [0.1, 0.15) is 41.3 Å². The van der Waals surface area contributed by atoms with Crippen molar-refractivity contribution >= 4 is 11.8 Å². The molecule has 1 aliphatic heterocycles. The highest BCUT2D eigenvalue weighted by atomic mass is 19.3. The molecule has 0 saturated carbocycles. The summed E-state index contributed by atoms with van der Waals surface area (Å²) in [6, 6.07) is 13.9. The van der Waals surface area contributed by atoms with E-state index in [2.05, 4.69) is 23.9 Å². The summed E-state index contributed by atoms with van der Waals surface area (Å²) in [6.07, 6.45) is 0. The van der Waals surface area contributed by atoms with Gasteiger partial charge in [0.25, 0.3) is 5.91 Å². The van der Waals surface area contributed by atoms with Crippen LogP contribution in [0, 0.1) is 0 Å². The van der Waals surface area contributed by atoms with Gasteiger partial charge in [-0.15, -0.1) is 0 Å². The lowest BCUT2D eigenvalue weighted by atomic mass is 10.0. The van der Waals surface area contributed by atoms with Gasteiger partial charge in [0.1, 0.15) is 5.75 Å². The number of piperazine rings is 1. The number of hydrogen-bond acceptors (Lipinski definition) is 4. The fourth-order valence-electron chi connectivity index (χ4n) is 3.55. The van der Waals surface area contributed by atoms with Crippen LogP contribution in [-0.2, 0) is 11.3 Å². The smallest absolute Gasteiger partial charge is 0.387 e. The zero-order valence-electron chi connectivity index (χ0n) is 18.4. The van der Waals surface area contributed by atoms with Crippen molar-refractivity contribution in [1.29, 1.82) is 0 Å². The molecular formula is C24H29F2N3O3. The minimum Gasteiger partial charge on any atom is -0.435 e. The van der Waals surface area contributed by atoms with Gasteiger partial charge in [-0.25, -0.2) is 0 Å². The van der Waals surface area contributed by atoms with Crippen LogP contribution in [0.3, 0.4) is 0 Å². The molecule has 1 aliphatic rings. The third-order valence-corrected chi connectivity index (χ3v) is 5.49. The van der Waals surface area contributed by atoms with Crippen molar-refractivity contribution in [2.24, 2.45) is 0 Å². The molecule has 6 nitrogen and oxygen atoms in total. The lowest BCUT2D eigenvalue weighted by Crippen LogP contribution is -2.51. The Morgan fingerprint density at radius 2 is 1.59 bits per heavy atom. The number of nitrogens with zero attached hydrogens (tertiary/aromatic N) is 2. The molecule has 0 radical (unpaired) electrons. The van der Waals surface area contributed by atoms with E-state index in [1.807, 2.05) is 34.1 Å². The van der Waals surface area contributed by atoms with Crippen LogP contribution in [-0.4, -0.2) is 60.9 Å². The third-order valence-electron chi connectivity index (χ3n) is 5.49. The Balaban J connectivity index is 1.40. The van der Waals surface area contributed by atoms with Gasteiger partial charge in [-0.3, -0.25) is 14.5 Å². The lowest BCUT2D eigenvalue weighted by Gasteiger charge is -2.34. The second-order valence-corrected chi connectivity index (χ2v) is 8.14. The van der Waals surface area contributed by atoms with Crippen molar-refractivity contribution in [3.63, 3.8) is 0 Å². The molecule has 8 heteroatoms. The van der Waals surface area contributed by atoms with Crippen LogP contribution in [0.2, 0.25) is 0 Å². The average molecular weight is 446 g/mol. The molecule has 1 N–H and O–H groups in total. The summed E-state index contributed by atoms with van der Waals surface area (Å²) < 4.78 is 28.7. The summed E-state index contributed by atoms with van der Waals surface area (Å²) >= 11 is 0. The third kappa shape index (κ3) is 6.75. The quantitative estimate of drug-likeness (QED) is 0.676. The molecule has 0 unspecified atom stereocenters. The van der Waals surface area contributed by atoms with E-state index in [4.69, 9.17) is 0 Å². The van der Waals surface area contributed by atoms with Crippen LogP contribution in [0.25, 0.3) is 0 Å². The molecule has 1 heterocycles. The van der Waals surface area contributed by atoms with Crippen LogP contribution < -0.4 is 10.1 Å². The Kier molecular flexibility index (Phi) is 8.16. The summed E-state index contributed by atoms with van der Waals surface area (Å²) in [6.45, 7) is 4.33. The van der Waals surface area contributed by atoms with E-state index in [1.54, 1.807) is 12.1 Å². The highest BCUT2D eigenvalue weighted by Crippen LogP contribution is 2.17. The number of ether oxygens (including phenoxy) is 1. The molecular weight excluding hydrogens is 416 g/mol. The first kappa shape index (κ1) is 23.7. The van der Waals surface area contributed by atoms with E-state index in [9.17, 15) is 18.4 Å². The predicted molar refractivity (Wildman–Crippen MR) is 118 cm³/mol. The Hall–Kier alpha value is -3.00. The summed E-state index contributed by atoms with van der Waals surface area (Å²) in [5.41, 5.74) is 2.68. The SMILES string of the molecule is CC(C)c1ccc(C(=O)N2CCN(CC(=O)NCc3ccc(OC(F)F)cc3)CC2)cc1. The minimum atomic E-state index is -2.86. The predicted octanol–water partition coefficient (Wildman–Crippen LogP) is 3.49. The van der Waals surface area contributed by atoms with Gasteiger partial charge in [0.05, 0.1) is 6.54 Å². The van der Waals surface area contributed by atoms with Gasteiger partial charge >= 0.3 is 6.61 Å². The summed E-state index contributed by atoms with van der Waals surface area (Å²) in [5.74, 6) is 0.400. The average Bonchev–Trinajstić information content (AvgIpc) is 2.78. The largest absolute Gasteiger partial charge is 0.435 e. The monoisotopic (exact) mass is 445 g/mol. The van der Waals surface area contributed by atoms with Gasteiger partial charge in [-0.05, 0) is 41.3 Å². The molecule has 0 bridgehead atoms. The number of amides is 2. The maximum absolute atomic E-state index is 12.7. The zero-order valence-corrected chi connectivity index (χ0v) is 18.4. The number of benzene rings is 2. The molecule has 32 heavy (non-hydrogen) atoms. The lowest BCUT2D eigenvalue weighted by molar-refractivity contribution is -0.122. The van der Waals surface area contributed by atoms with Crippen LogP contribution >= 0.6 is 0 Å². The van der Waals surface area contributed by atoms with Crippen molar-refractivity contribution in [2.45, 2.75) is 32.9 Å². The highest BCUT2D eigenvalue weighted by Gasteiger charge is 2.23. The number of carbonyl (C=O) groups is 2. The highest BCUT2D eigenvalue weighted by molar-refractivity contribution is 5.94. The summed E-state index contributed by atoms with van der Waals surface area (Å²) in [4.78, 5) is 28.8. The molecule has 0 atom stereocenters. The number of rotatable bonds is 8. The van der Waals surface area contributed by atoms with E-state index in [0.29, 0.717) is 44.2 Å². The van der Waals surface area contributed by atoms with Crippen molar-refractivity contribution in [3.8, 4) is 5.75 Å². The van der Waals surface area contributed by atoms with E-state index >= 15 is 0 Å². The van der Waals surface area contributed by atoms with Crippen LogP contribution in [0.4, 0.5) is 8.78 Å².